The highest BCUT2D eigenvalue weighted by molar-refractivity contribution is 5.93. The van der Waals surface area contributed by atoms with E-state index in [-0.39, 0.29) is 5.92 Å². The second kappa shape index (κ2) is 15.1. The van der Waals surface area contributed by atoms with Crippen LogP contribution in [0, 0.1) is 0 Å². The van der Waals surface area contributed by atoms with Gasteiger partial charge < -0.3 is 4.90 Å². The first-order valence-electron chi connectivity index (χ1n) is 19.8. The first kappa shape index (κ1) is 34.3. The van der Waals surface area contributed by atoms with Crippen molar-refractivity contribution in [2.24, 2.45) is 0 Å². The Bertz CT molecular complexity index is 2970. The molecule has 0 bridgehead atoms. The van der Waals surface area contributed by atoms with E-state index in [1.807, 2.05) is 0 Å². The zero-order chi connectivity index (χ0) is 38.0. The van der Waals surface area contributed by atoms with Crippen LogP contribution in [0.5, 0.6) is 0 Å². The maximum absolute atomic E-state index is 2.37. The highest BCUT2D eigenvalue weighted by atomic mass is 15.1. The Morgan fingerprint density at radius 3 is 1.23 bits per heavy atom. The first-order valence-corrected chi connectivity index (χ1v) is 19.8. The number of hydrogen-bond acceptors (Lipinski definition) is 1. The fourth-order valence-corrected chi connectivity index (χ4v) is 8.30. The standard InChI is InChI=1S/C56H41N/c1-5-13-48-35-42(21-24-43(48)9-1)36-56(52-28-27-44-10-2-6-14-49(44)37-52)47-25-19-40(20-26-47)17-18-41-22-31-53(32-23-41)57(54-33-29-45-11-3-7-15-50(45)38-54)55-34-30-46-12-4-8-16-51(46)39-55/h1-35,37-39,56H,36H2/b18-17+. The van der Waals surface area contributed by atoms with Gasteiger partial charge in [-0.05, 0) is 114 Å². The number of fused-ring (bicyclic) bond motifs is 4. The average Bonchev–Trinajstić information content (AvgIpc) is 3.28. The van der Waals surface area contributed by atoms with E-state index < -0.39 is 0 Å². The predicted molar refractivity (Wildman–Crippen MR) is 245 cm³/mol. The summed E-state index contributed by atoms with van der Waals surface area (Å²) in [5.74, 6) is 0.231. The fourth-order valence-electron chi connectivity index (χ4n) is 8.30. The van der Waals surface area contributed by atoms with Gasteiger partial charge in [-0.15, -0.1) is 0 Å². The van der Waals surface area contributed by atoms with Gasteiger partial charge in [0.05, 0.1) is 0 Å². The average molecular weight is 728 g/mol. The Hall–Kier alpha value is -7.22. The van der Waals surface area contributed by atoms with Gasteiger partial charge in [0.15, 0.2) is 0 Å². The molecule has 57 heavy (non-hydrogen) atoms. The molecule has 1 nitrogen and oxygen atoms in total. The van der Waals surface area contributed by atoms with E-state index in [1.165, 1.54) is 65.3 Å². The number of anilines is 3. The van der Waals surface area contributed by atoms with Gasteiger partial charge in [0.25, 0.3) is 0 Å². The van der Waals surface area contributed by atoms with Crippen LogP contribution in [0.3, 0.4) is 0 Å². The van der Waals surface area contributed by atoms with Crippen LogP contribution in [0.2, 0.25) is 0 Å². The molecular formula is C56H41N. The summed E-state index contributed by atoms with van der Waals surface area (Å²) in [5.41, 5.74) is 9.73. The number of rotatable bonds is 9. The molecule has 0 heterocycles. The van der Waals surface area contributed by atoms with Crippen LogP contribution >= 0.6 is 0 Å². The zero-order valence-electron chi connectivity index (χ0n) is 31.7. The number of nitrogens with zero attached hydrogens (tertiary/aromatic N) is 1. The number of benzene rings is 10. The monoisotopic (exact) mass is 727 g/mol. The van der Waals surface area contributed by atoms with Gasteiger partial charge >= 0.3 is 0 Å². The van der Waals surface area contributed by atoms with Gasteiger partial charge in [-0.1, -0.05) is 194 Å². The van der Waals surface area contributed by atoms with E-state index in [0.29, 0.717) is 0 Å². The first-order chi connectivity index (χ1) is 28.2. The molecule has 10 aromatic rings. The lowest BCUT2D eigenvalue weighted by atomic mass is 9.84. The van der Waals surface area contributed by atoms with E-state index in [4.69, 9.17) is 0 Å². The van der Waals surface area contributed by atoms with Crippen LogP contribution in [0.15, 0.2) is 218 Å². The molecule has 1 heteroatoms. The van der Waals surface area contributed by atoms with E-state index in [2.05, 4.69) is 235 Å². The summed E-state index contributed by atoms with van der Waals surface area (Å²) < 4.78 is 0. The lowest BCUT2D eigenvalue weighted by molar-refractivity contribution is 0.807. The van der Waals surface area contributed by atoms with Gasteiger partial charge in [-0.3, -0.25) is 0 Å². The van der Waals surface area contributed by atoms with Gasteiger partial charge in [0.2, 0.25) is 0 Å². The van der Waals surface area contributed by atoms with E-state index in [0.717, 1.165) is 29.0 Å². The van der Waals surface area contributed by atoms with Crippen LogP contribution in [0.4, 0.5) is 17.1 Å². The maximum Gasteiger partial charge on any atom is 0.0468 e. The third-order valence-corrected chi connectivity index (χ3v) is 11.4. The summed E-state index contributed by atoms with van der Waals surface area (Å²) in [6.07, 6.45) is 5.36. The third-order valence-electron chi connectivity index (χ3n) is 11.4. The topological polar surface area (TPSA) is 3.24 Å². The molecule has 1 unspecified atom stereocenters. The van der Waals surface area contributed by atoms with Crippen molar-refractivity contribution in [1.82, 2.24) is 0 Å². The smallest absolute Gasteiger partial charge is 0.0468 e. The summed E-state index contributed by atoms with van der Waals surface area (Å²) in [7, 11) is 0. The van der Waals surface area contributed by atoms with Crippen molar-refractivity contribution in [1.29, 1.82) is 0 Å². The Balaban J connectivity index is 0.933. The molecule has 10 aromatic carbocycles. The van der Waals surface area contributed by atoms with Gasteiger partial charge in [-0.25, -0.2) is 0 Å². The molecular weight excluding hydrogens is 687 g/mol. The van der Waals surface area contributed by atoms with Crippen LogP contribution in [0.1, 0.15) is 33.7 Å². The van der Waals surface area contributed by atoms with E-state index in [9.17, 15) is 0 Å². The van der Waals surface area contributed by atoms with Gasteiger partial charge in [0, 0.05) is 23.0 Å². The van der Waals surface area contributed by atoms with Crippen molar-refractivity contribution in [2.75, 3.05) is 4.90 Å². The normalized spacial score (nSPS) is 12.1. The van der Waals surface area contributed by atoms with Crippen molar-refractivity contribution in [2.45, 2.75) is 12.3 Å². The largest absolute Gasteiger partial charge is 0.310 e. The fraction of sp³-hybridized carbons (Fsp3) is 0.0357. The highest BCUT2D eigenvalue weighted by Gasteiger charge is 2.17. The Labute approximate surface area is 334 Å². The summed E-state index contributed by atoms with van der Waals surface area (Å²) in [6, 6.07) is 79.8. The molecule has 0 aliphatic heterocycles. The molecule has 0 saturated carbocycles. The Morgan fingerprint density at radius 1 is 0.316 bits per heavy atom. The minimum absolute atomic E-state index is 0.231. The van der Waals surface area contributed by atoms with Crippen molar-refractivity contribution in [3.05, 3.63) is 246 Å². The summed E-state index contributed by atoms with van der Waals surface area (Å²) in [6.45, 7) is 0. The summed E-state index contributed by atoms with van der Waals surface area (Å²) >= 11 is 0. The molecule has 0 amide bonds. The van der Waals surface area contributed by atoms with E-state index >= 15 is 0 Å². The molecule has 0 N–H and O–H groups in total. The predicted octanol–water partition coefficient (Wildman–Crippen LogP) is 15.3. The van der Waals surface area contributed by atoms with Gasteiger partial charge in [-0.2, -0.15) is 0 Å². The van der Waals surface area contributed by atoms with Gasteiger partial charge in [0.1, 0.15) is 0 Å². The van der Waals surface area contributed by atoms with Crippen LogP contribution < -0.4 is 4.90 Å². The van der Waals surface area contributed by atoms with Crippen molar-refractivity contribution < 1.29 is 0 Å². The SMILES string of the molecule is C(=C\c1ccc(N(c2ccc3ccccc3c2)c2ccc3ccccc3c2)cc1)/c1ccc(C(Cc2ccc3ccccc3c2)c2ccc3ccccc3c2)cc1. The van der Waals surface area contributed by atoms with Crippen LogP contribution in [-0.2, 0) is 6.42 Å². The molecule has 1 atom stereocenters. The van der Waals surface area contributed by atoms with E-state index in [1.54, 1.807) is 0 Å². The minimum Gasteiger partial charge on any atom is -0.310 e. The molecule has 0 aliphatic rings. The second-order valence-electron chi connectivity index (χ2n) is 15.0. The summed E-state index contributed by atoms with van der Waals surface area (Å²) in [5, 5.41) is 10.0. The molecule has 0 aliphatic carbocycles. The quantitative estimate of drug-likeness (QED) is 0.134. The molecule has 0 saturated heterocycles. The number of hydrogen-bond donors (Lipinski definition) is 0. The molecule has 0 aromatic heterocycles. The Kier molecular flexibility index (Phi) is 9.10. The lowest BCUT2D eigenvalue weighted by Gasteiger charge is -2.26. The maximum atomic E-state index is 2.37. The molecule has 0 spiro atoms. The molecule has 0 radical (unpaired) electrons. The third kappa shape index (κ3) is 7.20. The van der Waals surface area contributed by atoms with Crippen molar-refractivity contribution in [3.8, 4) is 0 Å². The summed E-state index contributed by atoms with van der Waals surface area (Å²) in [4.78, 5) is 2.36. The van der Waals surface area contributed by atoms with Crippen LogP contribution in [0.25, 0.3) is 55.2 Å². The molecule has 0 fully saturated rings. The second-order valence-corrected chi connectivity index (χ2v) is 15.0. The van der Waals surface area contributed by atoms with Crippen molar-refractivity contribution >= 4 is 72.3 Å². The van der Waals surface area contributed by atoms with Crippen molar-refractivity contribution in [3.63, 3.8) is 0 Å². The lowest BCUT2D eigenvalue weighted by Crippen LogP contribution is -2.09. The Morgan fingerprint density at radius 2 is 0.702 bits per heavy atom. The molecule has 270 valence electrons. The van der Waals surface area contributed by atoms with Crippen LogP contribution in [-0.4, -0.2) is 0 Å². The molecule has 10 rings (SSSR count). The highest BCUT2D eigenvalue weighted by Crippen LogP contribution is 2.38. The minimum atomic E-state index is 0.231. The zero-order valence-corrected chi connectivity index (χ0v) is 31.7.